The van der Waals surface area contributed by atoms with Crippen molar-refractivity contribution in [3.8, 4) is 22.5 Å². The first kappa shape index (κ1) is 34.0. The van der Waals surface area contributed by atoms with Crippen LogP contribution in [0, 0.1) is 12.7 Å². The maximum atomic E-state index is 13.0. The molecule has 0 amide bonds. The largest absolute Gasteiger partial charge is 0.268 e. The molecule has 6 rings (SSSR count). The molecule has 0 aliphatic heterocycles. The molecule has 0 N–H and O–H groups in total. The first-order chi connectivity index (χ1) is 22.2. The molecule has 46 heavy (non-hydrogen) atoms. The van der Waals surface area contributed by atoms with E-state index in [1.165, 1.54) is 33.1 Å². The van der Waals surface area contributed by atoms with Crippen LogP contribution >= 0.6 is 23.2 Å². The maximum Gasteiger partial charge on any atom is 0.267 e. The quantitative estimate of drug-likeness (QED) is 0.180. The summed E-state index contributed by atoms with van der Waals surface area (Å²) in [5.41, 5.74) is 5.95. The molecular weight excluding hydrogens is 622 g/mol. The predicted molar refractivity (Wildman–Crippen MR) is 185 cm³/mol. The molecule has 0 unspecified atom stereocenters. The summed E-state index contributed by atoms with van der Waals surface area (Å²) in [5.74, 6) is -0.307. The van der Waals surface area contributed by atoms with Gasteiger partial charge in [-0.2, -0.15) is 10.2 Å². The van der Waals surface area contributed by atoms with Gasteiger partial charge in [0.15, 0.2) is 0 Å². The van der Waals surface area contributed by atoms with Crippen molar-refractivity contribution in [3.05, 3.63) is 175 Å². The van der Waals surface area contributed by atoms with E-state index in [1.54, 1.807) is 42.5 Å². The maximum absolute atomic E-state index is 13.0. The van der Waals surface area contributed by atoms with Gasteiger partial charge in [-0.3, -0.25) is 9.59 Å². The number of aromatic nitrogens is 4. The van der Waals surface area contributed by atoms with Crippen molar-refractivity contribution in [3.63, 3.8) is 0 Å². The summed E-state index contributed by atoms with van der Waals surface area (Å²) in [5, 5.41) is 10.1. The lowest BCUT2D eigenvalue weighted by Crippen LogP contribution is -2.22. The molecule has 6 nitrogen and oxygen atoms in total. The van der Waals surface area contributed by atoms with Crippen LogP contribution in [0.2, 0.25) is 10.0 Å². The van der Waals surface area contributed by atoms with Crippen molar-refractivity contribution >= 4 is 23.2 Å². The van der Waals surface area contributed by atoms with E-state index in [0.29, 0.717) is 28.8 Å². The number of aryl methyl sites for hydroxylation is 1. The molecule has 4 aromatic carbocycles. The van der Waals surface area contributed by atoms with Gasteiger partial charge in [0.1, 0.15) is 5.82 Å². The van der Waals surface area contributed by atoms with Gasteiger partial charge in [0.25, 0.3) is 11.1 Å². The lowest BCUT2D eigenvalue weighted by molar-refractivity contribution is 0.627. The highest BCUT2D eigenvalue weighted by Crippen LogP contribution is 2.18. The summed E-state index contributed by atoms with van der Waals surface area (Å²) in [7, 11) is 0. The number of benzene rings is 4. The summed E-state index contributed by atoms with van der Waals surface area (Å²) in [6.07, 6.45) is 0. The van der Waals surface area contributed by atoms with E-state index in [2.05, 4.69) is 10.2 Å². The van der Waals surface area contributed by atoms with E-state index in [-0.39, 0.29) is 16.9 Å². The van der Waals surface area contributed by atoms with E-state index in [9.17, 15) is 14.0 Å². The van der Waals surface area contributed by atoms with Crippen LogP contribution < -0.4 is 11.1 Å². The Hall–Kier alpha value is -4.85. The monoisotopic (exact) mass is 654 g/mol. The highest BCUT2D eigenvalue weighted by atomic mass is 35.5. The minimum Gasteiger partial charge on any atom is -0.268 e. The second-order valence-corrected chi connectivity index (χ2v) is 10.9. The highest BCUT2D eigenvalue weighted by molar-refractivity contribution is 6.30. The van der Waals surface area contributed by atoms with E-state index < -0.39 is 0 Å². The number of rotatable bonds is 6. The van der Waals surface area contributed by atoms with E-state index in [4.69, 9.17) is 23.2 Å². The zero-order valence-corrected chi connectivity index (χ0v) is 27.2. The Morgan fingerprint density at radius 1 is 0.543 bits per heavy atom. The average molecular weight is 656 g/mol. The summed E-state index contributed by atoms with van der Waals surface area (Å²) >= 11 is 11.7. The van der Waals surface area contributed by atoms with Crippen molar-refractivity contribution < 1.29 is 4.39 Å². The first-order valence-electron chi connectivity index (χ1n) is 14.7. The van der Waals surface area contributed by atoms with E-state index >= 15 is 0 Å². The fourth-order valence-electron chi connectivity index (χ4n) is 4.30. The molecule has 2 aromatic heterocycles. The van der Waals surface area contributed by atoms with E-state index in [0.717, 1.165) is 27.9 Å². The predicted octanol–water partition coefficient (Wildman–Crippen LogP) is 8.70. The number of halogens is 3. The van der Waals surface area contributed by atoms with Gasteiger partial charge < -0.3 is 0 Å². The lowest BCUT2D eigenvalue weighted by Gasteiger charge is -2.08. The first-order valence-corrected chi connectivity index (χ1v) is 15.5. The van der Waals surface area contributed by atoms with Crippen molar-refractivity contribution in [2.75, 3.05) is 0 Å². The third kappa shape index (κ3) is 9.57. The van der Waals surface area contributed by atoms with Crippen LogP contribution in [0.3, 0.4) is 0 Å². The smallest absolute Gasteiger partial charge is 0.267 e. The molecule has 0 aliphatic carbocycles. The zero-order chi connectivity index (χ0) is 33.1. The summed E-state index contributed by atoms with van der Waals surface area (Å²) < 4.78 is 15.8. The molecule has 0 spiro atoms. The Balaban J connectivity index is 0.000000198. The van der Waals surface area contributed by atoms with Crippen LogP contribution in [0.15, 0.2) is 131 Å². The topological polar surface area (TPSA) is 69.8 Å². The molecule has 234 valence electrons. The highest BCUT2D eigenvalue weighted by Gasteiger charge is 2.06. The molecule has 0 bridgehead atoms. The third-order valence-corrected chi connectivity index (χ3v) is 7.22. The van der Waals surface area contributed by atoms with Crippen molar-refractivity contribution in [2.45, 2.75) is 33.9 Å². The van der Waals surface area contributed by atoms with Gasteiger partial charge in [-0.15, -0.1) is 0 Å². The van der Waals surface area contributed by atoms with Crippen LogP contribution in [0.5, 0.6) is 0 Å². The van der Waals surface area contributed by atoms with Crippen LogP contribution in [0.4, 0.5) is 4.39 Å². The lowest BCUT2D eigenvalue weighted by atomic mass is 10.1. The molecular formula is C37H33Cl2FN4O2. The molecule has 0 atom stereocenters. The van der Waals surface area contributed by atoms with Crippen molar-refractivity contribution in [1.29, 1.82) is 0 Å². The van der Waals surface area contributed by atoms with Gasteiger partial charge in [0.2, 0.25) is 0 Å². The molecule has 0 saturated carbocycles. The normalized spacial score (nSPS) is 10.3. The molecule has 6 aromatic rings. The Morgan fingerprint density at radius 2 is 0.913 bits per heavy atom. The SMILES string of the molecule is CC.Cc1ccc(-c2ccc(=O)n(Cc3ccc(Cl)cc3)n2)cc1.O=c1ccc(-c2ccc(F)cc2)nn1Cc1ccc(Cl)cc1. The molecule has 0 saturated heterocycles. The second kappa shape index (κ2) is 16.5. The minimum atomic E-state index is -0.307. The molecule has 0 fully saturated rings. The van der Waals surface area contributed by atoms with Crippen molar-refractivity contribution in [2.24, 2.45) is 0 Å². The fourth-order valence-corrected chi connectivity index (χ4v) is 4.55. The number of nitrogens with zero attached hydrogens (tertiary/aromatic N) is 4. The van der Waals surface area contributed by atoms with Crippen LogP contribution in [-0.4, -0.2) is 19.6 Å². The molecule has 9 heteroatoms. The Morgan fingerprint density at radius 3 is 1.30 bits per heavy atom. The summed E-state index contributed by atoms with van der Waals surface area (Å²) in [6, 6.07) is 35.1. The van der Waals surface area contributed by atoms with Gasteiger partial charge in [-0.05, 0) is 78.7 Å². The second-order valence-electron chi connectivity index (χ2n) is 10.1. The zero-order valence-electron chi connectivity index (χ0n) is 25.7. The van der Waals surface area contributed by atoms with Crippen LogP contribution in [0.25, 0.3) is 22.5 Å². The van der Waals surface area contributed by atoms with E-state index in [1.807, 2.05) is 81.4 Å². The van der Waals surface area contributed by atoms with Crippen LogP contribution in [0.1, 0.15) is 30.5 Å². The van der Waals surface area contributed by atoms with Gasteiger partial charge in [0.05, 0.1) is 24.5 Å². The fraction of sp³-hybridized carbons (Fsp3) is 0.135. The third-order valence-electron chi connectivity index (χ3n) is 6.71. The molecule has 0 aliphatic rings. The van der Waals surface area contributed by atoms with Crippen molar-refractivity contribution in [1.82, 2.24) is 19.6 Å². The summed E-state index contributed by atoms with van der Waals surface area (Å²) in [4.78, 5) is 23.9. The van der Waals surface area contributed by atoms with Gasteiger partial charge in [-0.1, -0.05) is 91.1 Å². The summed E-state index contributed by atoms with van der Waals surface area (Å²) in [6.45, 7) is 6.82. The Kier molecular flexibility index (Phi) is 12.2. The van der Waals surface area contributed by atoms with Gasteiger partial charge in [0, 0.05) is 33.3 Å². The molecule has 2 heterocycles. The van der Waals surface area contributed by atoms with Gasteiger partial charge >= 0.3 is 0 Å². The Bertz CT molecular complexity index is 1830. The molecule has 0 radical (unpaired) electrons. The number of hydrogen-bond acceptors (Lipinski definition) is 4. The average Bonchev–Trinajstić information content (AvgIpc) is 3.07. The standard InChI is InChI=1S/C18H15ClN2O.C17H12ClFN2O.C2H6/c1-13-2-6-15(7-3-13)17-10-11-18(22)21(20-17)12-14-4-8-16(19)9-5-14;18-14-5-1-12(2-6-14)11-21-17(22)10-9-16(20-21)13-3-7-15(19)8-4-13;1-2/h2-11H,12H2,1H3;1-10H,11H2;1-2H3. The minimum absolute atomic E-state index is 0.120. The Labute approximate surface area is 277 Å². The number of hydrogen-bond donors (Lipinski definition) is 0. The van der Waals surface area contributed by atoms with Crippen LogP contribution in [-0.2, 0) is 13.1 Å². The van der Waals surface area contributed by atoms with Gasteiger partial charge in [-0.25, -0.2) is 13.8 Å².